The van der Waals surface area contributed by atoms with Crippen molar-refractivity contribution in [1.29, 1.82) is 0 Å². The first-order valence-electron chi connectivity index (χ1n) is 11.2. The van der Waals surface area contributed by atoms with Gasteiger partial charge in [-0.1, -0.05) is 0 Å². The predicted molar refractivity (Wildman–Crippen MR) is 119 cm³/mol. The van der Waals surface area contributed by atoms with Crippen molar-refractivity contribution in [2.45, 2.75) is 44.0 Å². The number of aliphatic hydroxyl groups excluding tert-OH is 1. The highest BCUT2D eigenvalue weighted by atomic mass is 19.4. The van der Waals surface area contributed by atoms with Crippen LogP contribution in [0, 0.1) is 0 Å². The van der Waals surface area contributed by atoms with Gasteiger partial charge in [0.1, 0.15) is 17.0 Å². The number of H-pyrrole nitrogens is 1. The summed E-state index contributed by atoms with van der Waals surface area (Å²) in [6, 6.07) is 3.65. The van der Waals surface area contributed by atoms with Crippen LogP contribution in [0.3, 0.4) is 0 Å². The lowest BCUT2D eigenvalue weighted by Crippen LogP contribution is -2.38. The Kier molecular flexibility index (Phi) is 5.83. The number of aromatic amines is 1. The first-order chi connectivity index (χ1) is 15.9. The normalized spacial score (nSPS) is 20.4. The molecule has 0 unspecified atom stereocenters. The first-order valence-corrected chi connectivity index (χ1v) is 11.2. The molecule has 5 rings (SSSR count). The zero-order valence-electron chi connectivity index (χ0n) is 18.0. The van der Waals surface area contributed by atoms with Crippen LogP contribution < -0.4 is 15.5 Å². The molecule has 0 aromatic carbocycles. The van der Waals surface area contributed by atoms with E-state index in [1.165, 1.54) is 6.20 Å². The molecule has 2 aliphatic heterocycles. The Balaban J connectivity index is 1.50. The molecule has 0 bridgehead atoms. The van der Waals surface area contributed by atoms with Crippen molar-refractivity contribution in [1.82, 2.24) is 25.3 Å². The van der Waals surface area contributed by atoms with Gasteiger partial charge in [-0.3, -0.25) is 0 Å². The van der Waals surface area contributed by atoms with Crippen LogP contribution in [0.15, 0.2) is 24.5 Å². The Bertz CT molecular complexity index is 1120. The van der Waals surface area contributed by atoms with Crippen LogP contribution in [0.1, 0.15) is 31.2 Å². The average Bonchev–Trinajstić information content (AvgIpc) is 3.23. The number of fused-ring (bicyclic) bond motifs is 1. The van der Waals surface area contributed by atoms with Crippen LogP contribution in [-0.2, 0) is 6.18 Å². The average molecular weight is 461 g/mol. The highest BCUT2D eigenvalue weighted by Gasteiger charge is 2.36. The summed E-state index contributed by atoms with van der Waals surface area (Å²) in [6.07, 6.45) is 0.692. The molecular weight excluding hydrogens is 435 g/mol. The van der Waals surface area contributed by atoms with Gasteiger partial charge in [-0.2, -0.15) is 13.2 Å². The lowest BCUT2D eigenvalue weighted by atomic mass is 10.1. The summed E-state index contributed by atoms with van der Waals surface area (Å²) >= 11 is 0. The van der Waals surface area contributed by atoms with Gasteiger partial charge < -0.3 is 25.6 Å². The summed E-state index contributed by atoms with van der Waals surface area (Å²) in [5.74, 6) is 0.909. The van der Waals surface area contributed by atoms with E-state index in [1.54, 1.807) is 12.1 Å². The molecular formula is C22H26F3N7O. The second-order valence-electron chi connectivity index (χ2n) is 8.63. The van der Waals surface area contributed by atoms with E-state index in [-0.39, 0.29) is 23.8 Å². The second-order valence-corrected chi connectivity index (χ2v) is 8.63. The maximum atomic E-state index is 13.8. The van der Waals surface area contributed by atoms with Crippen molar-refractivity contribution in [3.05, 3.63) is 30.1 Å². The minimum absolute atomic E-state index is 0.0681. The minimum atomic E-state index is -4.59. The largest absolute Gasteiger partial charge is 0.419 e. The monoisotopic (exact) mass is 461 g/mol. The number of hydrogen-bond acceptors (Lipinski definition) is 7. The van der Waals surface area contributed by atoms with E-state index < -0.39 is 11.7 Å². The Morgan fingerprint density at radius 1 is 1.12 bits per heavy atom. The molecule has 0 spiro atoms. The predicted octanol–water partition coefficient (Wildman–Crippen LogP) is 3.16. The maximum Gasteiger partial charge on any atom is 0.419 e. The molecule has 0 radical (unpaired) electrons. The van der Waals surface area contributed by atoms with Crippen molar-refractivity contribution >= 4 is 22.8 Å². The molecule has 33 heavy (non-hydrogen) atoms. The van der Waals surface area contributed by atoms with E-state index in [2.05, 4.69) is 35.5 Å². The van der Waals surface area contributed by atoms with Gasteiger partial charge in [-0.05, 0) is 44.4 Å². The van der Waals surface area contributed by atoms with Crippen molar-refractivity contribution in [3.8, 4) is 11.3 Å². The lowest BCUT2D eigenvalue weighted by Gasteiger charge is -2.30. The van der Waals surface area contributed by atoms with Crippen LogP contribution in [0.25, 0.3) is 22.3 Å². The molecule has 1 atom stereocenters. The third-order valence-electron chi connectivity index (χ3n) is 6.29. The highest BCUT2D eigenvalue weighted by Crippen LogP contribution is 2.39. The first kappa shape index (κ1) is 21.9. The molecule has 8 nitrogen and oxygen atoms in total. The van der Waals surface area contributed by atoms with Gasteiger partial charge in [-0.25, -0.2) is 15.0 Å². The van der Waals surface area contributed by atoms with Crippen molar-refractivity contribution < 1.29 is 18.3 Å². The van der Waals surface area contributed by atoms with Gasteiger partial charge in [0.05, 0.1) is 11.8 Å². The van der Waals surface area contributed by atoms with E-state index >= 15 is 0 Å². The van der Waals surface area contributed by atoms with E-state index in [1.807, 2.05) is 0 Å². The number of alkyl halides is 3. The second kappa shape index (κ2) is 8.79. The van der Waals surface area contributed by atoms with E-state index in [0.29, 0.717) is 49.1 Å². The van der Waals surface area contributed by atoms with Gasteiger partial charge in [0.25, 0.3) is 0 Å². The highest BCUT2D eigenvalue weighted by molar-refractivity contribution is 5.94. The number of rotatable bonds is 4. The number of nitrogens with zero attached hydrogens (tertiary/aromatic N) is 4. The molecule has 2 saturated heterocycles. The Hall–Kier alpha value is -2.92. The zero-order valence-corrected chi connectivity index (χ0v) is 18.0. The number of pyridine rings is 1. The van der Waals surface area contributed by atoms with E-state index in [0.717, 1.165) is 31.4 Å². The molecule has 0 aliphatic carbocycles. The van der Waals surface area contributed by atoms with Gasteiger partial charge in [-0.15, -0.1) is 0 Å². The Labute approximate surface area is 188 Å². The third-order valence-corrected chi connectivity index (χ3v) is 6.29. The molecule has 2 fully saturated rings. The standard InChI is InChI=1S/C22H26F3N7O/c23-22(24,25)17-12-28-21(29-13-2-1-7-26-10-13)31-19(17)16-11-27-20-15(16)3-4-18(30-20)32-8-5-14(33)6-9-32/h3-4,11-14,26,33H,1-2,5-10H2,(H,27,30)(H,28,29,31)/t13-/m0/s1. The van der Waals surface area contributed by atoms with Crippen LogP contribution in [0.4, 0.5) is 24.9 Å². The topological polar surface area (TPSA) is 102 Å². The number of aromatic nitrogens is 4. The van der Waals surface area contributed by atoms with Crippen molar-refractivity contribution in [3.63, 3.8) is 0 Å². The third kappa shape index (κ3) is 4.60. The zero-order chi connectivity index (χ0) is 23.0. The fourth-order valence-electron chi connectivity index (χ4n) is 4.48. The summed E-state index contributed by atoms with van der Waals surface area (Å²) in [5.41, 5.74) is -0.237. The molecule has 11 heteroatoms. The Morgan fingerprint density at radius 2 is 1.94 bits per heavy atom. The van der Waals surface area contributed by atoms with Crippen LogP contribution in [0.2, 0.25) is 0 Å². The molecule has 3 aromatic heterocycles. The van der Waals surface area contributed by atoms with E-state index in [9.17, 15) is 18.3 Å². The number of hydrogen-bond donors (Lipinski definition) is 4. The number of piperidine rings is 2. The molecule has 2 aliphatic rings. The maximum absolute atomic E-state index is 13.8. The molecule has 0 amide bonds. The molecule has 0 saturated carbocycles. The van der Waals surface area contributed by atoms with Crippen LogP contribution in [-0.4, -0.2) is 63.4 Å². The smallest absolute Gasteiger partial charge is 0.393 e. The van der Waals surface area contributed by atoms with Crippen LogP contribution in [0.5, 0.6) is 0 Å². The van der Waals surface area contributed by atoms with Crippen LogP contribution >= 0.6 is 0 Å². The number of anilines is 2. The summed E-state index contributed by atoms with van der Waals surface area (Å²) in [4.78, 5) is 17.9. The Morgan fingerprint density at radius 3 is 2.67 bits per heavy atom. The van der Waals surface area contributed by atoms with Gasteiger partial charge in [0.15, 0.2) is 0 Å². The quantitative estimate of drug-likeness (QED) is 0.473. The molecule has 3 aromatic rings. The summed E-state index contributed by atoms with van der Waals surface area (Å²) in [6.45, 7) is 3.01. The van der Waals surface area contributed by atoms with Gasteiger partial charge in [0.2, 0.25) is 5.95 Å². The van der Waals surface area contributed by atoms with Gasteiger partial charge in [0, 0.05) is 49.0 Å². The fraction of sp³-hybridized carbons (Fsp3) is 0.500. The minimum Gasteiger partial charge on any atom is -0.393 e. The van der Waals surface area contributed by atoms with Gasteiger partial charge >= 0.3 is 6.18 Å². The van der Waals surface area contributed by atoms with E-state index in [4.69, 9.17) is 0 Å². The number of aliphatic hydroxyl groups is 1. The lowest BCUT2D eigenvalue weighted by molar-refractivity contribution is -0.137. The summed E-state index contributed by atoms with van der Waals surface area (Å²) in [7, 11) is 0. The number of halogens is 3. The summed E-state index contributed by atoms with van der Waals surface area (Å²) < 4.78 is 41.4. The van der Waals surface area contributed by atoms with Crippen molar-refractivity contribution in [2.24, 2.45) is 0 Å². The SMILES string of the molecule is OC1CCN(c2ccc3c(-c4nc(N[C@H]5CCCNC5)ncc4C(F)(F)F)c[nH]c3n2)CC1. The molecule has 176 valence electrons. The summed E-state index contributed by atoms with van der Waals surface area (Å²) in [5, 5.41) is 16.7. The molecule has 4 N–H and O–H groups in total. The fourth-order valence-corrected chi connectivity index (χ4v) is 4.48. The van der Waals surface area contributed by atoms with Crippen molar-refractivity contribution in [2.75, 3.05) is 36.4 Å². The number of nitrogens with one attached hydrogen (secondary N) is 3. The molecule has 5 heterocycles.